The number of aryl methyl sites for hydroxylation is 1. The van der Waals surface area contributed by atoms with Crippen LogP contribution in [0.15, 0.2) is 43.1 Å². The van der Waals surface area contributed by atoms with E-state index in [0.717, 1.165) is 19.0 Å². The zero-order chi connectivity index (χ0) is 25.4. The number of pyridine rings is 2. The van der Waals surface area contributed by atoms with Crippen molar-refractivity contribution in [2.75, 3.05) is 11.9 Å². The Morgan fingerprint density at radius 3 is 2.58 bits per heavy atom. The second kappa shape index (κ2) is 9.32. The average molecular weight is 519 g/mol. The summed E-state index contributed by atoms with van der Waals surface area (Å²) in [5.74, 6) is -0.832. The highest BCUT2D eigenvalue weighted by Crippen LogP contribution is 2.36. The van der Waals surface area contributed by atoms with E-state index in [0.29, 0.717) is 22.5 Å². The highest BCUT2D eigenvalue weighted by Gasteiger charge is 2.41. The lowest BCUT2D eigenvalue weighted by Gasteiger charge is -2.16. The summed E-state index contributed by atoms with van der Waals surface area (Å²) in [4.78, 5) is 22.5. The summed E-state index contributed by atoms with van der Waals surface area (Å²) < 4.78 is 48.9. The molecule has 5 rings (SSSR count). The Balaban J connectivity index is 1.48. The van der Waals surface area contributed by atoms with Crippen LogP contribution in [-0.2, 0) is 10.9 Å². The van der Waals surface area contributed by atoms with Gasteiger partial charge in [-0.25, -0.2) is 9.67 Å². The van der Waals surface area contributed by atoms with Gasteiger partial charge in [-0.15, -0.1) is 4.80 Å². The molecule has 1 fully saturated rings. The van der Waals surface area contributed by atoms with Crippen LogP contribution >= 0.6 is 11.6 Å². The van der Waals surface area contributed by atoms with Gasteiger partial charge >= 0.3 is 6.18 Å². The summed E-state index contributed by atoms with van der Waals surface area (Å²) in [6.45, 7) is 2.18. The minimum absolute atomic E-state index is 0.0857. The fourth-order valence-corrected chi connectivity index (χ4v) is 4.13. The van der Waals surface area contributed by atoms with Gasteiger partial charge in [0.15, 0.2) is 11.5 Å². The number of carbonyl (C=O) groups is 1. The summed E-state index contributed by atoms with van der Waals surface area (Å²) in [5.41, 5.74) is -0.674. The zero-order valence-corrected chi connectivity index (χ0v) is 19.5. The molecular formula is C22H18ClF3N8O2. The maximum absolute atomic E-state index is 14.2. The molecule has 1 aliphatic rings. The number of aromatic nitrogens is 7. The van der Waals surface area contributed by atoms with Gasteiger partial charge < -0.3 is 10.1 Å². The Labute approximate surface area is 207 Å². The number of carbonyl (C=O) groups excluding carboxylic acids is 1. The van der Waals surface area contributed by atoms with Crippen molar-refractivity contribution >= 4 is 23.2 Å². The Morgan fingerprint density at radius 2 is 1.92 bits per heavy atom. The average Bonchev–Trinajstić information content (AvgIpc) is 3.60. The number of halogens is 4. The summed E-state index contributed by atoms with van der Waals surface area (Å²) in [5, 5.41) is 14.2. The van der Waals surface area contributed by atoms with Crippen LogP contribution in [0.3, 0.4) is 0 Å². The molecule has 10 nitrogen and oxygen atoms in total. The largest absolute Gasteiger partial charge is 0.434 e. The SMILES string of the molecule is Cc1cnc([C@@H]2CCCO2)cc1-n1ncc(C(=O)Nc2cnc(-n3nccn3)c(Cl)c2)c1C(F)(F)F. The molecule has 0 spiro atoms. The van der Waals surface area contributed by atoms with E-state index >= 15 is 0 Å². The van der Waals surface area contributed by atoms with Gasteiger partial charge in [-0.05, 0) is 37.5 Å². The topological polar surface area (TPSA) is 113 Å². The first-order chi connectivity index (χ1) is 17.2. The maximum Gasteiger partial charge on any atom is 0.434 e. The normalized spacial score (nSPS) is 15.9. The lowest BCUT2D eigenvalue weighted by atomic mass is 10.1. The number of rotatable bonds is 5. The molecule has 1 saturated heterocycles. The van der Waals surface area contributed by atoms with Gasteiger partial charge in [0.2, 0.25) is 0 Å². The van der Waals surface area contributed by atoms with Crippen LogP contribution in [0, 0.1) is 6.92 Å². The molecule has 0 aliphatic carbocycles. The van der Waals surface area contributed by atoms with Crippen molar-refractivity contribution in [1.29, 1.82) is 0 Å². The number of hydrogen-bond acceptors (Lipinski definition) is 7. The molecule has 0 bridgehead atoms. The second-order valence-electron chi connectivity index (χ2n) is 8.02. The van der Waals surface area contributed by atoms with Crippen molar-refractivity contribution in [1.82, 2.24) is 34.7 Å². The van der Waals surface area contributed by atoms with E-state index in [1.54, 1.807) is 6.92 Å². The number of alkyl halides is 3. The Morgan fingerprint density at radius 1 is 1.14 bits per heavy atom. The van der Waals surface area contributed by atoms with E-state index < -0.39 is 23.3 Å². The smallest absolute Gasteiger partial charge is 0.372 e. The van der Waals surface area contributed by atoms with E-state index in [2.05, 4.69) is 30.6 Å². The van der Waals surface area contributed by atoms with E-state index in [1.165, 1.54) is 41.7 Å². The summed E-state index contributed by atoms with van der Waals surface area (Å²) in [7, 11) is 0. The number of ether oxygens (including phenoxy) is 1. The van der Waals surface area contributed by atoms with Gasteiger partial charge in [0, 0.05) is 12.8 Å². The fraction of sp³-hybridized carbons (Fsp3) is 0.273. The molecule has 0 unspecified atom stereocenters. The van der Waals surface area contributed by atoms with Gasteiger partial charge in [0.05, 0.1) is 58.5 Å². The summed E-state index contributed by atoms with van der Waals surface area (Å²) >= 11 is 6.20. The highest BCUT2D eigenvalue weighted by molar-refractivity contribution is 6.32. The number of amides is 1. The molecular weight excluding hydrogens is 501 g/mol. The molecule has 4 aromatic heterocycles. The molecule has 5 heterocycles. The molecule has 0 aromatic carbocycles. The maximum atomic E-state index is 14.2. The third kappa shape index (κ3) is 4.54. The van der Waals surface area contributed by atoms with Crippen molar-refractivity contribution in [2.45, 2.75) is 32.0 Å². The van der Waals surface area contributed by atoms with Crippen molar-refractivity contribution in [3.63, 3.8) is 0 Å². The quantitative estimate of drug-likeness (QED) is 0.418. The first kappa shape index (κ1) is 23.9. The third-order valence-electron chi connectivity index (χ3n) is 5.55. The standard InChI is InChI=1S/C22H18ClF3N8O2/c1-12-9-27-16(18-3-2-6-36-18)8-17(12)33-19(22(24,25)26)14(11-31-33)21(35)32-13-7-15(23)20(28-10-13)34-29-4-5-30-34/h4-5,7-11,18H,2-3,6H2,1H3,(H,32,35)/t18-/m0/s1. The van der Waals surface area contributed by atoms with Gasteiger partial charge in [0.25, 0.3) is 5.91 Å². The van der Waals surface area contributed by atoms with Crippen LogP contribution in [0.2, 0.25) is 5.02 Å². The lowest BCUT2D eigenvalue weighted by molar-refractivity contribution is -0.143. The minimum Gasteiger partial charge on any atom is -0.372 e. The van der Waals surface area contributed by atoms with Crippen molar-refractivity contribution < 1.29 is 22.7 Å². The zero-order valence-electron chi connectivity index (χ0n) is 18.7. The molecule has 14 heteroatoms. The number of nitrogens with one attached hydrogen (secondary N) is 1. The fourth-order valence-electron chi connectivity index (χ4n) is 3.88. The Kier molecular flexibility index (Phi) is 6.18. The van der Waals surface area contributed by atoms with E-state index in [4.69, 9.17) is 16.3 Å². The molecule has 1 amide bonds. The second-order valence-corrected chi connectivity index (χ2v) is 8.42. The van der Waals surface area contributed by atoms with Crippen LogP contribution in [0.5, 0.6) is 0 Å². The molecule has 186 valence electrons. The number of anilines is 1. The van der Waals surface area contributed by atoms with Crippen LogP contribution in [0.1, 0.15) is 46.3 Å². The number of hydrogen-bond donors (Lipinski definition) is 1. The van der Waals surface area contributed by atoms with Gasteiger partial charge in [-0.1, -0.05) is 11.6 Å². The molecule has 36 heavy (non-hydrogen) atoms. The predicted octanol–water partition coefficient (Wildman–Crippen LogP) is 4.33. The van der Waals surface area contributed by atoms with Gasteiger partial charge in [0.1, 0.15) is 0 Å². The van der Waals surface area contributed by atoms with Crippen molar-refractivity contribution in [2.24, 2.45) is 0 Å². The first-order valence-corrected chi connectivity index (χ1v) is 11.2. The Bertz CT molecular complexity index is 1420. The molecule has 1 aliphatic heterocycles. The van der Waals surface area contributed by atoms with Gasteiger partial charge in [-0.3, -0.25) is 9.78 Å². The van der Waals surface area contributed by atoms with Gasteiger partial charge in [-0.2, -0.15) is 28.5 Å². The summed E-state index contributed by atoms with van der Waals surface area (Å²) in [6, 6.07) is 2.85. The molecule has 0 saturated carbocycles. The van der Waals surface area contributed by atoms with Crippen LogP contribution in [0.25, 0.3) is 11.5 Å². The Hall–Kier alpha value is -3.84. The molecule has 1 atom stereocenters. The molecule has 0 radical (unpaired) electrons. The first-order valence-electron chi connectivity index (χ1n) is 10.8. The van der Waals surface area contributed by atoms with Crippen molar-refractivity contribution in [3.8, 4) is 11.5 Å². The molecule has 4 aromatic rings. The van der Waals surface area contributed by atoms with Crippen LogP contribution in [0.4, 0.5) is 18.9 Å². The van der Waals surface area contributed by atoms with E-state index in [-0.39, 0.29) is 28.3 Å². The van der Waals surface area contributed by atoms with E-state index in [1.807, 2.05) is 0 Å². The van der Waals surface area contributed by atoms with Crippen LogP contribution in [-0.4, -0.2) is 47.3 Å². The van der Waals surface area contributed by atoms with Crippen LogP contribution < -0.4 is 5.32 Å². The minimum atomic E-state index is -4.88. The monoisotopic (exact) mass is 518 g/mol. The number of nitrogens with zero attached hydrogens (tertiary/aromatic N) is 7. The van der Waals surface area contributed by atoms with Crippen molar-refractivity contribution in [3.05, 3.63) is 70.7 Å². The predicted molar refractivity (Wildman–Crippen MR) is 121 cm³/mol. The third-order valence-corrected chi connectivity index (χ3v) is 5.83. The van der Waals surface area contributed by atoms with E-state index in [9.17, 15) is 18.0 Å². The lowest BCUT2D eigenvalue weighted by Crippen LogP contribution is -2.21. The highest BCUT2D eigenvalue weighted by atomic mass is 35.5. The molecule has 1 N–H and O–H groups in total. The summed E-state index contributed by atoms with van der Waals surface area (Å²) in [6.07, 6.45) is 2.83.